The molecule has 3 rings (SSSR count). The molecule has 0 saturated heterocycles. The van der Waals surface area contributed by atoms with Crippen LogP contribution in [0.4, 0.5) is 0 Å². The summed E-state index contributed by atoms with van der Waals surface area (Å²) in [5.74, 6) is 1.05. The molecule has 0 bridgehead atoms. The smallest absolute Gasteiger partial charge is 0.113 e. The molecule has 0 spiro atoms. The maximum absolute atomic E-state index is 5.69. The van der Waals surface area contributed by atoms with Crippen molar-refractivity contribution in [2.24, 2.45) is 12.8 Å². The van der Waals surface area contributed by atoms with Crippen LogP contribution in [0.3, 0.4) is 0 Å². The topological polar surface area (TPSA) is 43.8 Å². The number of fused-ring (bicyclic) bond motifs is 1. The molecule has 0 radical (unpaired) electrons. The number of hydrogen-bond donors (Lipinski definition) is 1. The van der Waals surface area contributed by atoms with E-state index in [4.69, 9.17) is 5.73 Å². The SMILES string of the molecule is Cn1c(CN)cnc1Cc1cccc2ccccc12. The minimum atomic E-state index is 0.527. The first-order valence-electron chi connectivity index (χ1n) is 6.46. The predicted molar refractivity (Wildman–Crippen MR) is 77.9 cm³/mol. The van der Waals surface area contributed by atoms with Gasteiger partial charge in [-0.15, -0.1) is 0 Å². The van der Waals surface area contributed by atoms with E-state index in [1.54, 1.807) is 0 Å². The average Bonchev–Trinajstić information content (AvgIpc) is 2.80. The molecular weight excluding hydrogens is 234 g/mol. The predicted octanol–water partition coefficient (Wildman–Crippen LogP) is 2.62. The standard InChI is InChI=1S/C16H17N3/c1-19-14(10-17)11-18-16(19)9-13-7-4-6-12-5-2-3-8-15(12)13/h2-8,11H,9-10,17H2,1H3. The maximum atomic E-state index is 5.69. The lowest BCUT2D eigenvalue weighted by Crippen LogP contribution is -2.06. The Morgan fingerprint density at radius 1 is 1.11 bits per heavy atom. The van der Waals surface area contributed by atoms with Crippen LogP contribution < -0.4 is 5.73 Å². The Bertz CT molecular complexity index is 708. The summed E-state index contributed by atoms with van der Waals surface area (Å²) in [6.07, 6.45) is 2.69. The van der Waals surface area contributed by atoms with Gasteiger partial charge in [0.25, 0.3) is 0 Å². The molecule has 0 aliphatic heterocycles. The Hall–Kier alpha value is -2.13. The fourth-order valence-electron chi connectivity index (χ4n) is 2.46. The molecular formula is C16H17N3. The Morgan fingerprint density at radius 2 is 1.89 bits per heavy atom. The van der Waals surface area contributed by atoms with Crippen LogP contribution in [0.15, 0.2) is 48.7 Å². The van der Waals surface area contributed by atoms with Crippen molar-refractivity contribution in [3.05, 3.63) is 65.7 Å². The molecule has 2 N–H and O–H groups in total. The molecule has 1 aromatic heterocycles. The first kappa shape index (κ1) is 11.9. The van der Waals surface area contributed by atoms with Gasteiger partial charge in [0.1, 0.15) is 5.82 Å². The van der Waals surface area contributed by atoms with Crippen LogP contribution in [0.5, 0.6) is 0 Å². The van der Waals surface area contributed by atoms with E-state index in [2.05, 4.69) is 52.0 Å². The molecule has 19 heavy (non-hydrogen) atoms. The largest absolute Gasteiger partial charge is 0.334 e. The molecule has 0 aliphatic rings. The van der Waals surface area contributed by atoms with Crippen LogP contribution in [-0.4, -0.2) is 9.55 Å². The van der Waals surface area contributed by atoms with Crippen molar-refractivity contribution in [1.29, 1.82) is 0 Å². The van der Waals surface area contributed by atoms with Gasteiger partial charge in [0.2, 0.25) is 0 Å². The van der Waals surface area contributed by atoms with Gasteiger partial charge in [0.05, 0.1) is 5.69 Å². The molecule has 0 aliphatic carbocycles. The number of hydrogen-bond acceptors (Lipinski definition) is 2. The summed E-state index contributed by atoms with van der Waals surface area (Å²) in [6.45, 7) is 0.527. The van der Waals surface area contributed by atoms with Crippen LogP contribution in [-0.2, 0) is 20.0 Å². The van der Waals surface area contributed by atoms with Gasteiger partial charge in [-0.2, -0.15) is 0 Å². The quantitative estimate of drug-likeness (QED) is 0.777. The molecule has 3 heteroatoms. The molecule has 0 atom stereocenters. The number of nitrogens with two attached hydrogens (primary N) is 1. The van der Waals surface area contributed by atoms with Crippen molar-refractivity contribution >= 4 is 10.8 Å². The van der Waals surface area contributed by atoms with Crippen molar-refractivity contribution < 1.29 is 0 Å². The van der Waals surface area contributed by atoms with E-state index < -0.39 is 0 Å². The van der Waals surface area contributed by atoms with Crippen LogP contribution >= 0.6 is 0 Å². The fraction of sp³-hybridized carbons (Fsp3) is 0.188. The molecule has 3 nitrogen and oxygen atoms in total. The van der Waals surface area contributed by atoms with Crippen LogP contribution in [0.2, 0.25) is 0 Å². The highest BCUT2D eigenvalue weighted by atomic mass is 15.1. The zero-order valence-corrected chi connectivity index (χ0v) is 11.0. The minimum Gasteiger partial charge on any atom is -0.334 e. The van der Waals surface area contributed by atoms with Gasteiger partial charge in [-0.05, 0) is 16.3 Å². The van der Waals surface area contributed by atoms with Gasteiger partial charge in [-0.25, -0.2) is 4.98 Å². The summed E-state index contributed by atoms with van der Waals surface area (Å²) in [7, 11) is 2.02. The number of imidazole rings is 1. The van der Waals surface area contributed by atoms with Gasteiger partial charge in [-0.3, -0.25) is 0 Å². The molecule has 2 aromatic carbocycles. The fourth-order valence-corrected chi connectivity index (χ4v) is 2.46. The Balaban J connectivity index is 2.03. The van der Waals surface area contributed by atoms with Crippen molar-refractivity contribution in [2.45, 2.75) is 13.0 Å². The van der Waals surface area contributed by atoms with Gasteiger partial charge in [0.15, 0.2) is 0 Å². The highest BCUT2D eigenvalue weighted by molar-refractivity contribution is 5.85. The third-order valence-corrected chi connectivity index (χ3v) is 3.62. The number of nitrogens with zero attached hydrogens (tertiary/aromatic N) is 2. The highest BCUT2D eigenvalue weighted by Crippen LogP contribution is 2.21. The molecule has 3 aromatic rings. The Morgan fingerprint density at radius 3 is 2.68 bits per heavy atom. The van der Waals surface area contributed by atoms with Crippen LogP contribution in [0.25, 0.3) is 10.8 Å². The molecule has 1 heterocycles. The van der Waals surface area contributed by atoms with Gasteiger partial charge in [-0.1, -0.05) is 42.5 Å². The van der Waals surface area contributed by atoms with Crippen LogP contribution in [0, 0.1) is 0 Å². The van der Waals surface area contributed by atoms with Gasteiger partial charge < -0.3 is 10.3 Å². The summed E-state index contributed by atoms with van der Waals surface area (Å²) in [6, 6.07) is 14.9. The molecule has 0 saturated carbocycles. The summed E-state index contributed by atoms with van der Waals surface area (Å²) in [5.41, 5.74) is 8.05. The molecule has 0 amide bonds. The number of rotatable bonds is 3. The zero-order valence-electron chi connectivity index (χ0n) is 11.0. The lowest BCUT2D eigenvalue weighted by Gasteiger charge is -2.08. The third kappa shape index (κ3) is 2.13. The van der Waals surface area contributed by atoms with E-state index in [0.717, 1.165) is 17.9 Å². The summed E-state index contributed by atoms with van der Waals surface area (Å²) in [5, 5.41) is 2.57. The first-order valence-corrected chi connectivity index (χ1v) is 6.46. The lowest BCUT2D eigenvalue weighted by molar-refractivity contribution is 0.768. The number of benzene rings is 2. The normalized spacial score (nSPS) is 11.1. The van der Waals surface area contributed by atoms with Crippen molar-refractivity contribution in [1.82, 2.24) is 9.55 Å². The van der Waals surface area contributed by atoms with E-state index in [1.807, 2.05) is 13.2 Å². The van der Waals surface area contributed by atoms with Crippen LogP contribution in [0.1, 0.15) is 17.1 Å². The average molecular weight is 251 g/mol. The van der Waals surface area contributed by atoms with E-state index in [0.29, 0.717) is 6.54 Å². The summed E-state index contributed by atoms with van der Waals surface area (Å²) < 4.78 is 2.09. The molecule has 0 fully saturated rings. The van der Waals surface area contributed by atoms with Gasteiger partial charge in [0, 0.05) is 26.2 Å². The van der Waals surface area contributed by atoms with E-state index in [9.17, 15) is 0 Å². The molecule has 0 unspecified atom stereocenters. The van der Waals surface area contributed by atoms with Crippen molar-refractivity contribution in [3.63, 3.8) is 0 Å². The monoisotopic (exact) mass is 251 g/mol. The highest BCUT2D eigenvalue weighted by Gasteiger charge is 2.08. The van der Waals surface area contributed by atoms with Gasteiger partial charge >= 0.3 is 0 Å². The van der Waals surface area contributed by atoms with E-state index >= 15 is 0 Å². The van der Waals surface area contributed by atoms with E-state index in [-0.39, 0.29) is 0 Å². The lowest BCUT2D eigenvalue weighted by atomic mass is 10.0. The minimum absolute atomic E-state index is 0.527. The van der Waals surface area contributed by atoms with E-state index in [1.165, 1.54) is 16.3 Å². The summed E-state index contributed by atoms with van der Waals surface area (Å²) in [4.78, 5) is 4.47. The Labute approximate surface area is 112 Å². The molecule has 96 valence electrons. The van der Waals surface area contributed by atoms with Crippen molar-refractivity contribution in [3.8, 4) is 0 Å². The second-order valence-electron chi connectivity index (χ2n) is 4.74. The number of aromatic nitrogens is 2. The maximum Gasteiger partial charge on any atom is 0.113 e. The second kappa shape index (κ2) is 4.86. The Kier molecular flexibility index (Phi) is 3.05. The second-order valence-corrected chi connectivity index (χ2v) is 4.74. The van der Waals surface area contributed by atoms with Crippen molar-refractivity contribution in [2.75, 3.05) is 0 Å². The third-order valence-electron chi connectivity index (χ3n) is 3.62. The zero-order chi connectivity index (χ0) is 13.2. The first-order chi connectivity index (χ1) is 9.29. The summed E-state index contributed by atoms with van der Waals surface area (Å²) >= 11 is 0.